The highest BCUT2D eigenvalue weighted by molar-refractivity contribution is 6.33. The van der Waals surface area contributed by atoms with Crippen molar-refractivity contribution in [2.45, 2.75) is 81.3 Å². The maximum atomic E-state index is 17.2. The summed E-state index contributed by atoms with van der Waals surface area (Å²) in [6, 6.07) is 16.2. The van der Waals surface area contributed by atoms with Gasteiger partial charge in [0.1, 0.15) is 72.4 Å². The van der Waals surface area contributed by atoms with Crippen molar-refractivity contribution in [3.63, 3.8) is 0 Å². The first kappa shape index (κ1) is 55.0. The number of fused-ring (bicyclic) bond motifs is 4. The molecule has 82 heavy (non-hydrogen) atoms. The molecule has 5 aliphatic rings. The number of aromatic hydroxyl groups is 1. The molecule has 2 amide bonds. The quantitative estimate of drug-likeness (QED) is 0.0227. The van der Waals surface area contributed by atoms with Crippen LogP contribution in [0.25, 0.3) is 55.4 Å². The maximum Gasteiger partial charge on any atom is 0.407 e. The van der Waals surface area contributed by atoms with E-state index in [9.17, 15) is 14.7 Å². The van der Waals surface area contributed by atoms with Crippen LogP contribution in [0.5, 0.6) is 23.5 Å². The summed E-state index contributed by atoms with van der Waals surface area (Å²) >= 11 is 6.58. The number of halogens is 3. The monoisotopic (exact) mass is 1140 g/mol. The van der Waals surface area contributed by atoms with E-state index in [0.717, 1.165) is 44.3 Å². The highest BCUT2D eigenvalue weighted by atomic mass is 35.5. The molecule has 0 radical (unpaired) electrons. The zero-order valence-electron chi connectivity index (χ0n) is 45.5. The van der Waals surface area contributed by atoms with Gasteiger partial charge < -0.3 is 49.1 Å². The number of carbonyl (C=O) groups is 2. The standard InChI is InChI=1S/C59H62ClF2N11O9/c1-4-41-45(61)14-10-34-24-37(74)26-42(50(34)41)53-51(62)54-43(28-65-53)56(73(3)30-35-11-15-47-48(31-73)72(35)47)70-57(68-54)80-32-36-25-40(29-71(36)2)82-59(76)64-17-20-78-23-22-77-19-16-49(75)63-18-21-79-38-12-8-33(9-13-38)52-44(60)27-46-55(67-52)69-58(66-46)81-39-6-5-7-39/h1,8-10,12-14,24,26-28,35-36,39-40,47-48H,5-7,11,15-23,25,29-32H2,2-3H3,(H3-,63,64,66,67,69,74,75,76)/p+1/t35?,36-,40+,47?,48?,72?,73?/m0/s1. The Hall–Kier alpha value is -7.52. The van der Waals surface area contributed by atoms with Gasteiger partial charge in [0.25, 0.3) is 6.01 Å². The number of hydrogen-bond acceptors (Lipinski definition) is 16. The molecule has 0 bridgehead atoms. The molecule has 20 nitrogen and oxygen atoms in total. The van der Waals surface area contributed by atoms with Crippen LogP contribution in [0.4, 0.5) is 19.4 Å². The Morgan fingerprint density at radius 2 is 1.72 bits per heavy atom. The number of benzene rings is 3. The van der Waals surface area contributed by atoms with Gasteiger partial charge in [-0.25, -0.2) is 18.6 Å². The number of H-pyrrole nitrogens is 1. The Morgan fingerprint density at radius 1 is 0.902 bits per heavy atom. The van der Waals surface area contributed by atoms with Crippen LogP contribution in [0.2, 0.25) is 5.02 Å². The average Bonchev–Trinajstić information content (AvgIpc) is 3.34. The average molecular weight is 1140 g/mol. The van der Waals surface area contributed by atoms with E-state index in [4.69, 9.17) is 51.4 Å². The maximum absolute atomic E-state index is 17.2. The van der Waals surface area contributed by atoms with Gasteiger partial charge in [0.15, 0.2) is 11.5 Å². The van der Waals surface area contributed by atoms with Crippen LogP contribution in [0.1, 0.15) is 50.5 Å². The molecule has 5 unspecified atom stereocenters. The number of alkyl carbamates (subject to hydrolysis) is 1. The normalized spacial score (nSPS) is 22.9. The molecule has 0 spiro atoms. The van der Waals surface area contributed by atoms with Crippen molar-refractivity contribution in [2.75, 3.05) is 86.5 Å². The molecule has 23 heteroatoms. The number of nitrogens with zero attached hydrogens (tertiary/aromatic N) is 8. The largest absolute Gasteiger partial charge is 0.508 e. The molecule has 12 rings (SSSR count). The van der Waals surface area contributed by atoms with Crippen molar-refractivity contribution in [3.8, 4) is 58.4 Å². The summed E-state index contributed by atoms with van der Waals surface area (Å²) in [5, 5.41) is 17.9. The van der Waals surface area contributed by atoms with Crippen LogP contribution in [0.3, 0.4) is 0 Å². The summed E-state index contributed by atoms with van der Waals surface area (Å²) in [7, 11) is 4.02. The number of amides is 2. The lowest BCUT2D eigenvalue weighted by Gasteiger charge is -2.40. The molecule has 1 saturated carbocycles. The fourth-order valence-electron chi connectivity index (χ4n) is 12.1. The number of terminal acetylenes is 1. The number of quaternary nitrogens is 1. The van der Waals surface area contributed by atoms with Crippen LogP contribution >= 0.6 is 11.6 Å². The molecule has 1 aliphatic carbocycles. The number of likely N-dealkylation sites (N-methyl/N-ethyl adjacent to an activating group) is 2. The lowest BCUT2D eigenvalue weighted by atomic mass is 9.95. The first-order valence-electron chi connectivity index (χ1n) is 27.9. The lowest BCUT2D eigenvalue weighted by Crippen LogP contribution is -2.58. The molecule has 4 N–H and O–H groups in total. The molecule has 3 aromatic carbocycles. The van der Waals surface area contributed by atoms with Gasteiger partial charge in [0, 0.05) is 60.7 Å². The summed E-state index contributed by atoms with van der Waals surface area (Å²) < 4.78 is 67.7. The summed E-state index contributed by atoms with van der Waals surface area (Å²) in [5.41, 5.74) is 2.52. The number of aromatic nitrogens is 6. The molecular weight excluding hydrogens is 1080 g/mol. The number of rotatable bonds is 22. The van der Waals surface area contributed by atoms with Crippen molar-refractivity contribution in [2.24, 2.45) is 0 Å². The molecule has 428 valence electrons. The number of ether oxygens (including phenoxy) is 6. The molecule has 4 saturated heterocycles. The molecule has 4 aromatic heterocycles. The number of aromatic amines is 1. The van der Waals surface area contributed by atoms with E-state index < -0.39 is 23.8 Å². The van der Waals surface area contributed by atoms with Crippen LogP contribution in [0.15, 0.2) is 60.8 Å². The van der Waals surface area contributed by atoms with E-state index in [0.29, 0.717) is 92.3 Å². The predicted molar refractivity (Wildman–Crippen MR) is 302 cm³/mol. The number of nitrogens with one attached hydrogen (secondary N) is 3. The summed E-state index contributed by atoms with van der Waals surface area (Å²) in [5.74, 6) is 1.84. The van der Waals surface area contributed by atoms with Crippen molar-refractivity contribution < 1.29 is 51.9 Å². The number of carbonyl (C=O) groups excluding carboxylic acids is 2. The van der Waals surface area contributed by atoms with Gasteiger partial charge in [0.2, 0.25) is 11.7 Å². The van der Waals surface area contributed by atoms with E-state index in [1.165, 1.54) is 30.7 Å². The van der Waals surface area contributed by atoms with Gasteiger partial charge in [0.05, 0.1) is 73.9 Å². The van der Waals surface area contributed by atoms with Crippen molar-refractivity contribution in [1.29, 1.82) is 0 Å². The van der Waals surface area contributed by atoms with Crippen molar-refractivity contribution in [3.05, 3.63) is 83.0 Å². The van der Waals surface area contributed by atoms with E-state index in [1.54, 1.807) is 12.3 Å². The summed E-state index contributed by atoms with van der Waals surface area (Å²) in [4.78, 5) is 56.3. The zero-order valence-corrected chi connectivity index (χ0v) is 46.2. The lowest BCUT2D eigenvalue weighted by molar-refractivity contribution is -0.122. The fraction of sp³-hybridized carbons (Fsp3) is 0.441. The highest BCUT2D eigenvalue weighted by Gasteiger charge is 2.63. The predicted octanol–water partition coefficient (Wildman–Crippen LogP) is 7.30. The summed E-state index contributed by atoms with van der Waals surface area (Å²) in [6.07, 6.45) is 12.6. The minimum atomic E-state index is -0.786. The van der Waals surface area contributed by atoms with E-state index in [2.05, 4.69) is 53.4 Å². The molecule has 5 fully saturated rings. The third-order valence-corrected chi connectivity index (χ3v) is 16.7. The SMILES string of the molecule is C#Cc1c(F)ccc2cc(O)cc(-c3ncc4c([N+]5(C)CC6CCC7C(C5)N67)nc(OC[C@@H]5C[C@@H](OC(=O)NCCOCCOCCC(=O)NCCOc6ccc(-c7nc8nc(OC9CCC9)[nH]c8cc7Cl)cc6)CN5C)nc4c3F)c12. The summed E-state index contributed by atoms with van der Waals surface area (Å²) in [6.45, 7) is 3.92. The molecule has 4 aliphatic heterocycles. The molecule has 7 atom stereocenters. The minimum absolute atomic E-state index is 0.0176. The van der Waals surface area contributed by atoms with Crippen LogP contribution in [0, 0.1) is 24.0 Å². The Labute approximate surface area is 476 Å². The van der Waals surface area contributed by atoms with E-state index >= 15 is 8.78 Å². The van der Waals surface area contributed by atoms with E-state index in [-0.39, 0.29) is 110 Å². The Morgan fingerprint density at radius 3 is 2.51 bits per heavy atom. The van der Waals surface area contributed by atoms with Crippen LogP contribution in [-0.2, 0) is 19.0 Å². The number of phenolic OH excluding ortho intramolecular Hbond substituents is 1. The number of hydrogen-bond donors (Lipinski definition) is 4. The van der Waals surface area contributed by atoms with Crippen molar-refractivity contribution in [1.82, 2.24) is 54.8 Å². The first-order chi connectivity index (χ1) is 39.8. The number of phenols is 1. The number of likely N-dealkylation sites (tertiary alicyclic amines) is 2. The molecule has 7 aromatic rings. The first-order valence-corrected chi connectivity index (χ1v) is 28.2. The van der Waals surface area contributed by atoms with Crippen LogP contribution in [-0.4, -0.2) is 180 Å². The Bertz CT molecular complexity index is 3610. The Kier molecular flexibility index (Phi) is 15.7. The molecule has 8 heterocycles. The number of piperazine rings is 1. The highest BCUT2D eigenvalue weighted by Crippen LogP contribution is 2.50. The van der Waals surface area contributed by atoms with Gasteiger partial charge in [-0.2, -0.15) is 9.97 Å². The zero-order chi connectivity index (χ0) is 56.6. The fourth-order valence-corrected chi connectivity index (χ4v) is 12.3. The molecular formula is C59H63ClF2N11O9+. The van der Waals surface area contributed by atoms with Gasteiger partial charge in [-0.15, -0.1) is 11.4 Å². The smallest absolute Gasteiger partial charge is 0.407 e. The second kappa shape index (κ2) is 23.4. The number of piperidine rings is 1. The third-order valence-electron chi connectivity index (χ3n) is 16.4. The second-order valence-corrected chi connectivity index (χ2v) is 22.3. The minimum Gasteiger partial charge on any atom is -0.508 e. The topological polar surface area (TPSA) is 220 Å². The third kappa shape index (κ3) is 11.5. The van der Waals surface area contributed by atoms with Gasteiger partial charge >= 0.3 is 12.1 Å². The van der Waals surface area contributed by atoms with Crippen molar-refractivity contribution >= 4 is 62.3 Å². The van der Waals surface area contributed by atoms with Gasteiger partial charge in [-0.1, -0.05) is 23.6 Å². The Balaban J connectivity index is 0.564. The second-order valence-electron chi connectivity index (χ2n) is 21.9. The number of pyridine rings is 2. The van der Waals surface area contributed by atoms with Gasteiger partial charge in [-0.05, 0) is 93.1 Å². The number of imidazole rings is 1. The van der Waals surface area contributed by atoms with E-state index in [1.807, 2.05) is 36.2 Å². The van der Waals surface area contributed by atoms with Gasteiger partial charge in [-0.3, -0.25) is 24.1 Å². The van der Waals surface area contributed by atoms with Crippen LogP contribution < -0.4 is 29.3 Å².